The van der Waals surface area contributed by atoms with Crippen LogP contribution in [0.5, 0.6) is 0 Å². The molecule has 11 heteroatoms. The van der Waals surface area contributed by atoms with Crippen molar-refractivity contribution in [2.45, 2.75) is 219 Å². The highest BCUT2D eigenvalue weighted by Gasteiger charge is 2.27. The molecule has 0 spiro atoms. The van der Waals surface area contributed by atoms with E-state index in [0.717, 1.165) is 70.6 Å². The van der Waals surface area contributed by atoms with Crippen molar-refractivity contribution < 1.29 is 47.8 Å². The molecule has 0 saturated carbocycles. The summed E-state index contributed by atoms with van der Waals surface area (Å²) in [6, 6.07) is 0. The summed E-state index contributed by atoms with van der Waals surface area (Å²) in [6.45, 7) is 2.35. The molecular formula is C48H87O10P. The zero-order valence-electron chi connectivity index (χ0n) is 37.5. The molecule has 0 aliphatic carbocycles. The van der Waals surface area contributed by atoms with Crippen molar-refractivity contribution in [2.75, 3.05) is 26.4 Å². The van der Waals surface area contributed by atoms with E-state index < -0.39 is 51.8 Å². The van der Waals surface area contributed by atoms with Crippen LogP contribution >= 0.6 is 7.82 Å². The Kier molecular flexibility index (Phi) is 42.5. The number of hydrogen-bond donors (Lipinski definition) is 3. The summed E-state index contributed by atoms with van der Waals surface area (Å²) in [5, 5.41) is 18.4. The molecule has 0 amide bonds. The Labute approximate surface area is 360 Å². The van der Waals surface area contributed by atoms with E-state index in [9.17, 15) is 24.2 Å². The fourth-order valence-electron chi connectivity index (χ4n) is 6.33. The van der Waals surface area contributed by atoms with Crippen LogP contribution in [0.1, 0.15) is 206 Å². The van der Waals surface area contributed by atoms with E-state index in [2.05, 4.69) is 62.5 Å². The molecule has 0 radical (unpaired) electrons. The van der Waals surface area contributed by atoms with Crippen LogP contribution in [0.4, 0.5) is 0 Å². The van der Waals surface area contributed by atoms with Gasteiger partial charge in [0.2, 0.25) is 0 Å². The third-order valence-electron chi connectivity index (χ3n) is 9.99. The molecule has 0 fully saturated rings. The lowest BCUT2D eigenvalue weighted by Crippen LogP contribution is -2.29. The van der Waals surface area contributed by atoms with E-state index in [1.165, 1.54) is 96.3 Å². The van der Waals surface area contributed by atoms with E-state index >= 15 is 0 Å². The third-order valence-corrected chi connectivity index (χ3v) is 10.9. The van der Waals surface area contributed by atoms with Gasteiger partial charge >= 0.3 is 19.8 Å². The maximum absolute atomic E-state index is 12.6. The summed E-state index contributed by atoms with van der Waals surface area (Å²) in [5.41, 5.74) is 0. The minimum Gasteiger partial charge on any atom is -0.462 e. The highest BCUT2D eigenvalue weighted by atomic mass is 31.2. The van der Waals surface area contributed by atoms with Gasteiger partial charge in [0.15, 0.2) is 6.10 Å². The van der Waals surface area contributed by atoms with Crippen LogP contribution in [0.2, 0.25) is 0 Å². The van der Waals surface area contributed by atoms with E-state index in [4.69, 9.17) is 23.6 Å². The van der Waals surface area contributed by atoms with Gasteiger partial charge in [-0.3, -0.25) is 18.6 Å². The zero-order valence-corrected chi connectivity index (χ0v) is 38.4. The van der Waals surface area contributed by atoms with Gasteiger partial charge in [-0.1, -0.05) is 184 Å². The van der Waals surface area contributed by atoms with E-state index in [1.54, 1.807) is 0 Å². The molecule has 0 heterocycles. The lowest BCUT2D eigenvalue weighted by molar-refractivity contribution is -0.161. The number of esters is 2. The largest absolute Gasteiger partial charge is 0.472 e. The summed E-state index contributed by atoms with van der Waals surface area (Å²) in [7, 11) is -4.63. The Morgan fingerprint density at radius 2 is 0.881 bits per heavy atom. The lowest BCUT2D eigenvalue weighted by Gasteiger charge is -2.20. The van der Waals surface area contributed by atoms with Crippen molar-refractivity contribution in [3.63, 3.8) is 0 Å². The summed E-state index contributed by atoms with van der Waals surface area (Å²) in [4.78, 5) is 35.1. The zero-order chi connectivity index (χ0) is 43.3. The third kappa shape index (κ3) is 43.8. The monoisotopic (exact) mass is 855 g/mol. The SMILES string of the molecule is CCCCC/C=C\C/C=C\C/C=C\C/C=C\CCCCCCCC(=O)O[C@H](COC(=O)CCCCCCCCCCCCCCCCC)COP(=O)(O)OC[C@@H](O)CO. The van der Waals surface area contributed by atoms with Gasteiger partial charge < -0.3 is 24.6 Å². The highest BCUT2D eigenvalue weighted by Crippen LogP contribution is 2.43. The Hall–Kier alpha value is -2.07. The Morgan fingerprint density at radius 1 is 0.508 bits per heavy atom. The Bertz CT molecular complexity index is 1120. The second-order valence-corrected chi connectivity index (χ2v) is 17.2. The van der Waals surface area contributed by atoms with Crippen LogP contribution in [-0.4, -0.2) is 65.7 Å². The number of carbonyl (C=O) groups is 2. The first-order valence-electron chi connectivity index (χ1n) is 23.6. The molecule has 0 aliphatic rings. The highest BCUT2D eigenvalue weighted by molar-refractivity contribution is 7.47. The number of allylic oxidation sites excluding steroid dienone is 8. The van der Waals surface area contributed by atoms with Crippen molar-refractivity contribution in [1.82, 2.24) is 0 Å². The molecule has 0 aliphatic heterocycles. The fraction of sp³-hybridized carbons (Fsp3) is 0.792. The number of phosphoric ester groups is 1. The van der Waals surface area contributed by atoms with Crippen molar-refractivity contribution in [1.29, 1.82) is 0 Å². The predicted molar refractivity (Wildman–Crippen MR) is 242 cm³/mol. The maximum atomic E-state index is 12.6. The number of carbonyl (C=O) groups excluding carboxylic acids is 2. The smallest absolute Gasteiger partial charge is 0.462 e. The first-order valence-corrected chi connectivity index (χ1v) is 25.1. The van der Waals surface area contributed by atoms with E-state index in [0.29, 0.717) is 12.8 Å². The number of aliphatic hydroxyl groups is 2. The van der Waals surface area contributed by atoms with E-state index in [-0.39, 0.29) is 19.4 Å². The van der Waals surface area contributed by atoms with Crippen molar-refractivity contribution in [2.24, 2.45) is 0 Å². The summed E-state index contributed by atoms with van der Waals surface area (Å²) in [5.74, 6) is -0.941. The number of ether oxygens (including phenoxy) is 2. The molecule has 0 aromatic heterocycles. The molecule has 0 aromatic rings. The average Bonchev–Trinajstić information content (AvgIpc) is 3.22. The molecule has 59 heavy (non-hydrogen) atoms. The summed E-state index contributed by atoms with van der Waals surface area (Å²) < 4.78 is 32.8. The van der Waals surface area contributed by atoms with Crippen LogP contribution in [0, 0.1) is 0 Å². The molecular weight excluding hydrogens is 767 g/mol. The molecule has 0 saturated heterocycles. The minimum absolute atomic E-state index is 0.163. The molecule has 3 atom stereocenters. The summed E-state index contributed by atoms with van der Waals surface area (Å²) in [6.07, 6.45) is 47.8. The summed E-state index contributed by atoms with van der Waals surface area (Å²) >= 11 is 0. The predicted octanol–water partition coefficient (Wildman–Crippen LogP) is 12.9. The van der Waals surface area contributed by atoms with Gasteiger partial charge in [0.1, 0.15) is 12.7 Å². The second kappa shape index (κ2) is 44.0. The lowest BCUT2D eigenvalue weighted by atomic mass is 10.0. The van der Waals surface area contributed by atoms with Gasteiger partial charge in [-0.25, -0.2) is 4.57 Å². The first kappa shape index (κ1) is 56.9. The second-order valence-electron chi connectivity index (χ2n) is 15.8. The average molecular weight is 855 g/mol. The maximum Gasteiger partial charge on any atom is 0.472 e. The standard InChI is InChI=1S/C48H87O10P/c1-3-5-7-9-11-13-15-17-19-20-21-22-23-24-26-28-30-32-34-36-38-40-48(52)58-46(44-57-59(53,54)56-42-45(50)41-49)43-55-47(51)39-37-35-33-31-29-27-25-18-16-14-12-10-8-6-4-2/h11,13,17,19,21-22,24,26,45-46,49-50H,3-10,12,14-16,18,20,23,25,27-44H2,1-2H3,(H,53,54)/b13-11-,19-17-,22-21-,26-24-/t45-,46+/m0/s1. The molecule has 344 valence electrons. The molecule has 3 N–H and O–H groups in total. The van der Waals surface area contributed by atoms with Gasteiger partial charge in [-0.2, -0.15) is 0 Å². The number of rotatable bonds is 44. The van der Waals surface area contributed by atoms with Crippen molar-refractivity contribution in [3.8, 4) is 0 Å². The van der Waals surface area contributed by atoms with Gasteiger partial charge in [0.25, 0.3) is 0 Å². The number of aliphatic hydroxyl groups excluding tert-OH is 2. The quantitative estimate of drug-likeness (QED) is 0.0234. The first-order chi connectivity index (χ1) is 28.7. The van der Waals surface area contributed by atoms with Crippen LogP contribution in [0.15, 0.2) is 48.6 Å². The van der Waals surface area contributed by atoms with Crippen LogP contribution in [0.3, 0.4) is 0 Å². The number of hydrogen-bond acceptors (Lipinski definition) is 9. The van der Waals surface area contributed by atoms with Crippen LogP contribution < -0.4 is 0 Å². The fourth-order valence-corrected chi connectivity index (χ4v) is 7.12. The van der Waals surface area contributed by atoms with Crippen LogP contribution in [-0.2, 0) is 32.7 Å². The van der Waals surface area contributed by atoms with Crippen LogP contribution in [0.25, 0.3) is 0 Å². The van der Waals surface area contributed by atoms with E-state index in [1.807, 2.05) is 0 Å². The normalized spacial score (nSPS) is 14.2. The van der Waals surface area contributed by atoms with Gasteiger partial charge in [0.05, 0.1) is 19.8 Å². The van der Waals surface area contributed by atoms with Gasteiger partial charge in [0, 0.05) is 12.8 Å². The molecule has 0 aromatic carbocycles. The minimum atomic E-state index is -4.63. The Morgan fingerprint density at radius 3 is 1.36 bits per heavy atom. The van der Waals surface area contributed by atoms with Crippen molar-refractivity contribution >= 4 is 19.8 Å². The molecule has 1 unspecified atom stereocenters. The molecule has 10 nitrogen and oxygen atoms in total. The molecule has 0 bridgehead atoms. The topological polar surface area (TPSA) is 149 Å². The molecule has 0 rings (SSSR count). The van der Waals surface area contributed by atoms with Gasteiger partial charge in [-0.15, -0.1) is 0 Å². The van der Waals surface area contributed by atoms with Crippen molar-refractivity contribution in [3.05, 3.63) is 48.6 Å². The Balaban J connectivity index is 4.28. The van der Waals surface area contributed by atoms with Gasteiger partial charge in [-0.05, 0) is 57.8 Å². The number of phosphoric acid groups is 1. The number of unbranched alkanes of at least 4 members (excludes halogenated alkanes) is 22.